The first-order valence-corrected chi connectivity index (χ1v) is 20.4. The topological polar surface area (TPSA) is 68.6 Å². The van der Waals surface area contributed by atoms with E-state index in [1.54, 1.807) is 0 Å². The Kier molecular flexibility index (Phi) is 7.13. The van der Waals surface area contributed by atoms with Crippen molar-refractivity contribution in [2.75, 3.05) is 0 Å². The summed E-state index contributed by atoms with van der Waals surface area (Å²) >= 11 is 0. The second-order valence-electron chi connectivity index (χ2n) is 12.3. The number of nitrogens with zero attached hydrogens (tertiary/aromatic N) is 4. The molecule has 7 aromatic rings. The molecule has 0 fully saturated rings. The summed E-state index contributed by atoms with van der Waals surface area (Å²) in [5.74, 6) is 1.70. The van der Waals surface area contributed by atoms with Gasteiger partial charge in [0.1, 0.15) is 13.8 Å². The predicted molar refractivity (Wildman–Crippen MR) is 196 cm³/mol. The Bertz CT molecular complexity index is 2240. The van der Waals surface area contributed by atoms with Crippen LogP contribution in [-0.2, 0) is 4.57 Å². The molecule has 7 heteroatoms. The molecule has 0 spiro atoms. The molecule has 3 heterocycles. The standard InChI is InChI=1S/C40H31N4OPSi/c1-47(2)36-21-13-12-20-34(36)46(45,32-18-10-5-11-19-32)35-26-30(23-25-37(35)47)31-22-24-33(41-27-31)40-43-38(28-14-6-3-7-15-28)42-39(44-40)29-16-8-4-9-17-29/h3-27H,1-2H3. The first kappa shape index (κ1) is 29.1. The maximum Gasteiger partial charge on any atom is 0.182 e. The molecule has 0 saturated carbocycles. The van der Waals surface area contributed by atoms with E-state index in [1.165, 1.54) is 10.4 Å². The number of fused-ring (bicyclic) bond motifs is 2. The van der Waals surface area contributed by atoms with Gasteiger partial charge >= 0.3 is 0 Å². The lowest BCUT2D eigenvalue weighted by molar-refractivity contribution is 0.592. The van der Waals surface area contributed by atoms with Crippen molar-refractivity contribution in [1.82, 2.24) is 19.9 Å². The zero-order valence-electron chi connectivity index (χ0n) is 26.1. The van der Waals surface area contributed by atoms with E-state index in [0.29, 0.717) is 23.2 Å². The molecular weight excluding hydrogens is 612 g/mol. The van der Waals surface area contributed by atoms with E-state index in [0.717, 1.165) is 38.2 Å². The van der Waals surface area contributed by atoms with Crippen LogP contribution in [0.25, 0.3) is 45.4 Å². The largest absolute Gasteiger partial charge is 0.309 e. The maximum absolute atomic E-state index is 15.5. The van der Waals surface area contributed by atoms with Crippen LogP contribution in [0.2, 0.25) is 13.1 Å². The van der Waals surface area contributed by atoms with Crippen molar-refractivity contribution in [1.29, 1.82) is 0 Å². The van der Waals surface area contributed by atoms with E-state index in [2.05, 4.69) is 49.5 Å². The zero-order chi connectivity index (χ0) is 32.0. The summed E-state index contributed by atoms with van der Waals surface area (Å²) in [5.41, 5.74) is 4.40. The highest BCUT2D eigenvalue weighted by Crippen LogP contribution is 2.44. The van der Waals surface area contributed by atoms with Crippen LogP contribution in [0.5, 0.6) is 0 Å². The second kappa shape index (κ2) is 11.5. The Morgan fingerprint density at radius 1 is 0.489 bits per heavy atom. The number of aromatic nitrogens is 4. The van der Waals surface area contributed by atoms with Crippen molar-refractivity contribution in [2.45, 2.75) is 13.1 Å². The van der Waals surface area contributed by atoms with Gasteiger partial charge in [0.05, 0.1) is 0 Å². The van der Waals surface area contributed by atoms with Crippen molar-refractivity contribution in [3.05, 3.63) is 152 Å². The summed E-state index contributed by atoms with van der Waals surface area (Å²) in [4.78, 5) is 19.3. The minimum Gasteiger partial charge on any atom is -0.309 e. The van der Waals surface area contributed by atoms with E-state index in [1.807, 2.05) is 115 Å². The molecule has 0 amide bonds. The SMILES string of the molecule is C[Si]1(C)c2ccccc2P(=O)(c2ccccc2)c2cc(-c3ccc(-c4nc(-c5ccccc5)nc(-c5ccccc5)n4)nc3)ccc21. The fraction of sp³-hybridized carbons (Fsp3) is 0.0500. The molecule has 8 rings (SSSR count). The molecule has 47 heavy (non-hydrogen) atoms. The van der Waals surface area contributed by atoms with Gasteiger partial charge in [-0.25, -0.2) is 15.0 Å². The number of rotatable bonds is 5. The van der Waals surface area contributed by atoms with E-state index in [9.17, 15) is 0 Å². The summed E-state index contributed by atoms with van der Waals surface area (Å²) in [7, 11) is -5.22. The minimum absolute atomic E-state index is 0.507. The van der Waals surface area contributed by atoms with Crippen LogP contribution in [-0.4, -0.2) is 28.0 Å². The molecule has 1 unspecified atom stereocenters. The van der Waals surface area contributed by atoms with Crippen LogP contribution < -0.4 is 26.3 Å². The average molecular weight is 643 g/mol. The molecule has 5 nitrogen and oxygen atoms in total. The zero-order valence-corrected chi connectivity index (χ0v) is 28.0. The highest BCUT2D eigenvalue weighted by Gasteiger charge is 2.45. The number of hydrogen-bond donors (Lipinski definition) is 0. The van der Waals surface area contributed by atoms with Gasteiger partial charge in [-0.2, -0.15) is 0 Å². The maximum atomic E-state index is 15.5. The number of benzene rings is 5. The third kappa shape index (κ3) is 4.98. The highest BCUT2D eigenvalue weighted by atomic mass is 31.2. The molecule has 0 N–H and O–H groups in total. The van der Waals surface area contributed by atoms with Crippen LogP contribution >= 0.6 is 7.14 Å². The van der Waals surface area contributed by atoms with Crippen molar-refractivity contribution >= 4 is 41.5 Å². The second-order valence-corrected chi connectivity index (χ2v) is 19.3. The normalized spacial score (nSPS) is 16.2. The fourth-order valence-corrected chi connectivity index (χ4v) is 14.8. The van der Waals surface area contributed by atoms with E-state index in [-0.39, 0.29) is 0 Å². The Morgan fingerprint density at radius 2 is 1.02 bits per heavy atom. The first-order valence-electron chi connectivity index (χ1n) is 15.7. The molecule has 1 aliphatic heterocycles. The molecule has 1 atom stereocenters. The molecule has 5 aromatic carbocycles. The van der Waals surface area contributed by atoms with E-state index < -0.39 is 15.2 Å². The summed E-state index contributed by atoms with van der Waals surface area (Å²) in [5, 5.41) is 5.25. The summed E-state index contributed by atoms with van der Waals surface area (Å²) in [6.45, 7) is 4.72. The monoisotopic (exact) mass is 642 g/mol. The average Bonchev–Trinajstić information content (AvgIpc) is 3.15. The van der Waals surface area contributed by atoms with Crippen molar-refractivity contribution < 1.29 is 4.57 Å². The summed E-state index contributed by atoms with van der Waals surface area (Å²) < 4.78 is 15.5. The van der Waals surface area contributed by atoms with E-state index >= 15 is 4.57 Å². The van der Waals surface area contributed by atoms with Gasteiger partial charge in [0.2, 0.25) is 0 Å². The minimum atomic E-state index is -3.11. The highest BCUT2D eigenvalue weighted by molar-refractivity contribution is 7.86. The molecule has 226 valence electrons. The smallest absolute Gasteiger partial charge is 0.182 e. The van der Waals surface area contributed by atoms with Gasteiger partial charge in [0.25, 0.3) is 0 Å². The van der Waals surface area contributed by atoms with Crippen molar-refractivity contribution in [3.8, 4) is 45.4 Å². The van der Waals surface area contributed by atoms with Gasteiger partial charge in [0.15, 0.2) is 24.6 Å². The molecule has 0 saturated heterocycles. The Morgan fingerprint density at radius 3 is 1.64 bits per heavy atom. The third-order valence-electron chi connectivity index (χ3n) is 9.07. The van der Waals surface area contributed by atoms with Crippen LogP contribution in [0.4, 0.5) is 0 Å². The lowest BCUT2D eigenvalue weighted by Crippen LogP contribution is -2.67. The van der Waals surface area contributed by atoms with Crippen LogP contribution in [0, 0.1) is 0 Å². The van der Waals surface area contributed by atoms with Gasteiger partial charge in [-0.05, 0) is 28.1 Å². The van der Waals surface area contributed by atoms with Crippen LogP contribution in [0.1, 0.15) is 0 Å². The quantitative estimate of drug-likeness (QED) is 0.154. The van der Waals surface area contributed by atoms with Gasteiger partial charge in [0, 0.05) is 38.8 Å². The lowest BCUT2D eigenvalue weighted by Gasteiger charge is -2.38. The molecule has 1 aliphatic rings. The Balaban J connectivity index is 1.23. The van der Waals surface area contributed by atoms with Crippen LogP contribution in [0.15, 0.2) is 152 Å². The third-order valence-corrected chi connectivity index (χ3v) is 16.2. The summed E-state index contributed by atoms with van der Waals surface area (Å²) in [6, 6.07) is 48.7. The van der Waals surface area contributed by atoms with Crippen molar-refractivity contribution in [2.24, 2.45) is 0 Å². The Labute approximate surface area is 275 Å². The number of hydrogen-bond acceptors (Lipinski definition) is 5. The first-order chi connectivity index (χ1) is 22.9. The Hall–Kier alpha value is -5.29. The van der Waals surface area contributed by atoms with Crippen LogP contribution in [0.3, 0.4) is 0 Å². The number of pyridine rings is 1. The van der Waals surface area contributed by atoms with Gasteiger partial charge in [-0.3, -0.25) is 4.98 Å². The molecular formula is C40H31N4OPSi. The molecule has 0 bridgehead atoms. The fourth-order valence-electron chi connectivity index (χ4n) is 6.59. The predicted octanol–water partition coefficient (Wildman–Crippen LogP) is 6.71. The van der Waals surface area contributed by atoms with Gasteiger partial charge in [-0.1, -0.05) is 147 Å². The van der Waals surface area contributed by atoms with Gasteiger partial charge in [-0.15, -0.1) is 0 Å². The summed E-state index contributed by atoms with van der Waals surface area (Å²) in [6.07, 6.45) is 1.86. The van der Waals surface area contributed by atoms with Gasteiger partial charge < -0.3 is 4.57 Å². The van der Waals surface area contributed by atoms with E-state index in [4.69, 9.17) is 19.9 Å². The molecule has 2 aromatic heterocycles. The molecule has 0 aliphatic carbocycles. The van der Waals surface area contributed by atoms with Crippen molar-refractivity contribution in [3.63, 3.8) is 0 Å². The molecule has 0 radical (unpaired) electrons. The lowest BCUT2D eigenvalue weighted by atomic mass is 10.1.